The maximum atomic E-state index is 2.49. The van der Waals surface area contributed by atoms with Crippen molar-refractivity contribution in [2.75, 3.05) is 14.1 Å². The van der Waals surface area contributed by atoms with Crippen molar-refractivity contribution in [3.8, 4) is 0 Å². The van der Waals surface area contributed by atoms with Gasteiger partial charge in [0, 0.05) is 6.04 Å². The van der Waals surface area contributed by atoms with E-state index in [1.807, 2.05) is 0 Å². The predicted octanol–water partition coefficient (Wildman–Crippen LogP) is 10.6. The van der Waals surface area contributed by atoms with Crippen LogP contribution in [0, 0.1) is 5.92 Å². The number of nitrogens with zero attached hydrogens (tertiary/aromatic N) is 1. The summed E-state index contributed by atoms with van der Waals surface area (Å²) in [5.41, 5.74) is 0. The van der Waals surface area contributed by atoms with Gasteiger partial charge < -0.3 is 4.90 Å². The van der Waals surface area contributed by atoms with Crippen LogP contribution in [0.5, 0.6) is 0 Å². The Labute approximate surface area is 199 Å². The summed E-state index contributed by atoms with van der Waals surface area (Å²) in [7, 11) is 4.58. The first-order valence-electron chi connectivity index (χ1n) is 14.8. The van der Waals surface area contributed by atoms with Crippen LogP contribution in [0.15, 0.2) is 0 Å². The van der Waals surface area contributed by atoms with E-state index in [0.717, 1.165) is 12.0 Å². The Hall–Kier alpha value is -0.0400. The van der Waals surface area contributed by atoms with E-state index in [1.54, 1.807) is 0 Å². The molecule has 2 unspecified atom stereocenters. The van der Waals surface area contributed by atoms with E-state index in [0.29, 0.717) is 0 Å². The third-order valence-electron chi connectivity index (χ3n) is 7.56. The lowest BCUT2D eigenvalue weighted by atomic mass is 9.92. The minimum atomic E-state index is 0.817. The van der Waals surface area contributed by atoms with Crippen LogP contribution in [-0.2, 0) is 0 Å². The molecule has 0 rings (SSSR count). The largest absolute Gasteiger partial charge is 0.306 e. The highest BCUT2D eigenvalue weighted by Crippen LogP contribution is 2.22. The van der Waals surface area contributed by atoms with Gasteiger partial charge in [-0.25, -0.2) is 0 Å². The van der Waals surface area contributed by atoms with Gasteiger partial charge in [0.05, 0.1) is 0 Å². The summed E-state index contributed by atoms with van der Waals surface area (Å²) in [4.78, 5) is 2.49. The fourth-order valence-electron chi connectivity index (χ4n) is 5.11. The van der Waals surface area contributed by atoms with E-state index in [2.05, 4.69) is 39.8 Å². The van der Waals surface area contributed by atoms with Crippen LogP contribution in [0.25, 0.3) is 0 Å². The van der Waals surface area contributed by atoms with Gasteiger partial charge in [-0.3, -0.25) is 0 Å². The van der Waals surface area contributed by atoms with Gasteiger partial charge in [0.1, 0.15) is 0 Å². The van der Waals surface area contributed by atoms with Gasteiger partial charge in [0.15, 0.2) is 0 Å². The van der Waals surface area contributed by atoms with Crippen LogP contribution in [-0.4, -0.2) is 25.0 Å². The molecule has 188 valence electrons. The van der Waals surface area contributed by atoms with Crippen LogP contribution < -0.4 is 0 Å². The Morgan fingerprint density at radius 1 is 0.419 bits per heavy atom. The first kappa shape index (κ1) is 31.0. The highest BCUT2D eigenvalue weighted by Gasteiger charge is 2.11. The van der Waals surface area contributed by atoms with Gasteiger partial charge in [0.25, 0.3) is 0 Å². The second kappa shape index (κ2) is 24.6. The maximum Gasteiger partial charge on any atom is 0.00891 e. The molecule has 0 aliphatic heterocycles. The van der Waals surface area contributed by atoms with Gasteiger partial charge in [-0.2, -0.15) is 0 Å². The first-order chi connectivity index (χ1) is 15.2. The van der Waals surface area contributed by atoms with E-state index >= 15 is 0 Å². The molecule has 0 saturated heterocycles. The van der Waals surface area contributed by atoms with E-state index < -0.39 is 0 Å². The Kier molecular flexibility index (Phi) is 24.6. The average Bonchev–Trinajstić information content (AvgIpc) is 2.76. The Morgan fingerprint density at radius 3 is 1.06 bits per heavy atom. The third kappa shape index (κ3) is 21.6. The van der Waals surface area contributed by atoms with Crippen LogP contribution in [0.3, 0.4) is 0 Å². The molecule has 0 N–H and O–H groups in total. The van der Waals surface area contributed by atoms with E-state index in [-0.39, 0.29) is 0 Å². The predicted molar refractivity (Wildman–Crippen MR) is 144 cm³/mol. The summed E-state index contributed by atoms with van der Waals surface area (Å²) >= 11 is 0. The smallest absolute Gasteiger partial charge is 0.00891 e. The van der Waals surface area contributed by atoms with Crippen molar-refractivity contribution in [2.45, 2.75) is 174 Å². The lowest BCUT2D eigenvalue weighted by Gasteiger charge is -2.24. The molecule has 1 heteroatoms. The lowest BCUT2D eigenvalue weighted by molar-refractivity contribution is 0.251. The standard InChI is InChI=1S/C30H63N/c1-6-9-11-13-15-19-23-27-30(31(4)5)28-24-20-16-18-22-26-29(8-3)25-21-17-14-12-10-7-2/h29-30H,6-28H2,1-5H3. The van der Waals surface area contributed by atoms with Crippen molar-refractivity contribution in [3.63, 3.8) is 0 Å². The molecule has 0 amide bonds. The molecule has 2 atom stereocenters. The quantitative estimate of drug-likeness (QED) is 0.128. The first-order valence-corrected chi connectivity index (χ1v) is 14.8. The Morgan fingerprint density at radius 2 is 0.742 bits per heavy atom. The average molecular weight is 438 g/mol. The van der Waals surface area contributed by atoms with Crippen LogP contribution >= 0.6 is 0 Å². The topological polar surface area (TPSA) is 3.24 Å². The second-order valence-corrected chi connectivity index (χ2v) is 10.7. The Balaban J connectivity index is 3.62. The fraction of sp³-hybridized carbons (Fsp3) is 1.00. The zero-order chi connectivity index (χ0) is 23.0. The normalized spacial score (nSPS) is 13.7. The SMILES string of the molecule is CCCCCCCCCC(CCCCCCCC(CC)CCCCCCCC)N(C)C. The lowest BCUT2D eigenvalue weighted by Crippen LogP contribution is -2.27. The van der Waals surface area contributed by atoms with Crippen LogP contribution in [0.4, 0.5) is 0 Å². The number of hydrogen-bond donors (Lipinski definition) is 0. The zero-order valence-corrected chi connectivity index (χ0v) is 22.9. The molecule has 0 aromatic heterocycles. The fourth-order valence-corrected chi connectivity index (χ4v) is 5.11. The van der Waals surface area contributed by atoms with E-state index in [9.17, 15) is 0 Å². The van der Waals surface area contributed by atoms with Gasteiger partial charge in [-0.15, -0.1) is 0 Å². The summed E-state index contributed by atoms with van der Waals surface area (Å²) in [6.45, 7) is 7.03. The van der Waals surface area contributed by atoms with Gasteiger partial charge in [0.2, 0.25) is 0 Å². The van der Waals surface area contributed by atoms with Crippen molar-refractivity contribution in [3.05, 3.63) is 0 Å². The Bertz CT molecular complexity index is 324. The van der Waals surface area contributed by atoms with Crippen molar-refractivity contribution in [2.24, 2.45) is 5.92 Å². The summed E-state index contributed by atoms with van der Waals surface area (Å²) in [6, 6.07) is 0.817. The number of hydrogen-bond acceptors (Lipinski definition) is 1. The molecule has 0 aliphatic carbocycles. The molecule has 0 bridgehead atoms. The number of rotatable bonds is 25. The minimum absolute atomic E-state index is 0.817. The minimum Gasteiger partial charge on any atom is -0.306 e. The van der Waals surface area contributed by atoms with Gasteiger partial charge >= 0.3 is 0 Å². The monoisotopic (exact) mass is 437 g/mol. The second-order valence-electron chi connectivity index (χ2n) is 10.7. The molecular weight excluding hydrogens is 374 g/mol. The van der Waals surface area contributed by atoms with E-state index in [4.69, 9.17) is 0 Å². The summed E-state index contributed by atoms with van der Waals surface area (Å²) in [5.74, 6) is 1.01. The van der Waals surface area contributed by atoms with Crippen molar-refractivity contribution >= 4 is 0 Å². The van der Waals surface area contributed by atoms with E-state index in [1.165, 1.54) is 148 Å². The summed E-state index contributed by atoms with van der Waals surface area (Å²) in [6.07, 6.45) is 33.2. The molecule has 0 aliphatic rings. The number of unbranched alkanes of at least 4 members (excludes halogenated alkanes) is 15. The summed E-state index contributed by atoms with van der Waals surface area (Å²) in [5, 5.41) is 0. The molecule has 0 fully saturated rings. The highest BCUT2D eigenvalue weighted by atomic mass is 15.1. The highest BCUT2D eigenvalue weighted by molar-refractivity contribution is 4.67. The molecule has 0 spiro atoms. The third-order valence-corrected chi connectivity index (χ3v) is 7.56. The summed E-state index contributed by atoms with van der Waals surface area (Å²) < 4.78 is 0. The molecule has 0 aromatic rings. The van der Waals surface area contributed by atoms with Gasteiger partial charge in [-0.05, 0) is 32.9 Å². The zero-order valence-electron chi connectivity index (χ0n) is 22.9. The van der Waals surface area contributed by atoms with Crippen molar-refractivity contribution < 1.29 is 0 Å². The van der Waals surface area contributed by atoms with Gasteiger partial charge in [-0.1, -0.05) is 156 Å². The van der Waals surface area contributed by atoms with Crippen LogP contribution in [0.2, 0.25) is 0 Å². The molecule has 0 heterocycles. The molecule has 0 radical (unpaired) electrons. The van der Waals surface area contributed by atoms with Crippen molar-refractivity contribution in [1.82, 2.24) is 4.90 Å². The molecule has 1 nitrogen and oxygen atoms in total. The molecule has 0 aromatic carbocycles. The van der Waals surface area contributed by atoms with Crippen molar-refractivity contribution in [1.29, 1.82) is 0 Å². The molecule has 31 heavy (non-hydrogen) atoms. The molecule has 0 saturated carbocycles. The molecular formula is C30H63N. The maximum absolute atomic E-state index is 2.49. The van der Waals surface area contributed by atoms with Crippen LogP contribution in [0.1, 0.15) is 168 Å².